The van der Waals surface area contributed by atoms with Crippen LogP contribution in [-0.4, -0.2) is 57.7 Å². The molecule has 8 nitrogen and oxygen atoms in total. The minimum absolute atomic E-state index is 0.102. The van der Waals surface area contributed by atoms with Crippen LogP contribution in [0.5, 0.6) is 0 Å². The number of benzene rings is 2. The number of fused-ring (bicyclic) bond motifs is 1. The quantitative estimate of drug-likeness (QED) is 0.367. The van der Waals surface area contributed by atoms with Crippen molar-refractivity contribution in [3.8, 4) is 0 Å². The first kappa shape index (κ1) is 28.5. The van der Waals surface area contributed by atoms with Crippen LogP contribution in [-0.2, 0) is 22.6 Å². The Labute approximate surface area is 220 Å². The van der Waals surface area contributed by atoms with Gasteiger partial charge in [-0.1, -0.05) is 35.3 Å². The second kappa shape index (κ2) is 12.0. The van der Waals surface area contributed by atoms with E-state index < -0.39 is 18.2 Å². The van der Waals surface area contributed by atoms with Crippen molar-refractivity contribution < 1.29 is 27.9 Å². The number of anilines is 1. The molecule has 1 unspecified atom stereocenters. The van der Waals surface area contributed by atoms with Gasteiger partial charge in [-0.2, -0.15) is 13.2 Å². The molecule has 37 heavy (non-hydrogen) atoms. The number of carbonyl (C=O) groups excluding carboxylic acids is 1. The molecule has 13 heteroatoms. The topological polar surface area (TPSA) is 124 Å². The lowest BCUT2D eigenvalue weighted by Gasteiger charge is -2.33. The molecule has 2 atom stereocenters. The van der Waals surface area contributed by atoms with Gasteiger partial charge in [0.1, 0.15) is 0 Å². The predicted molar refractivity (Wildman–Crippen MR) is 134 cm³/mol. The Morgan fingerprint density at radius 1 is 1.30 bits per heavy atom. The van der Waals surface area contributed by atoms with Crippen LogP contribution in [0.1, 0.15) is 28.3 Å². The van der Waals surface area contributed by atoms with E-state index in [0.29, 0.717) is 22.2 Å². The maximum absolute atomic E-state index is 12.6. The van der Waals surface area contributed by atoms with Crippen molar-refractivity contribution in [1.82, 2.24) is 14.9 Å². The molecule has 1 aliphatic heterocycles. The lowest BCUT2D eigenvalue weighted by molar-refractivity contribution is -0.192. The average molecular weight is 558 g/mol. The van der Waals surface area contributed by atoms with E-state index in [-0.39, 0.29) is 11.8 Å². The number of aromatic nitrogens is 2. The summed E-state index contributed by atoms with van der Waals surface area (Å²) in [5, 5.41) is 11.4. The normalized spacial score (nSPS) is 16.2. The van der Waals surface area contributed by atoms with Crippen molar-refractivity contribution in [2.75, 3.05) is 18.9 Å². The molecule has 0 spiro atoms. The number of aromatic amines is 1. The number of nitrogens with one attached hydrogen (secondary N) is 2. The first-order valence-corrected chi connectivity index (χ1v) is 11.7. The smallest absolute Gasteiger partial charge is 0.475 e. The molecule has 0 radical (unpaired) electrons. The predicted octanol–water partition coefficient (Wildman–Crippen LogP) is 4.44. The number of aliphatic carboxylic acids is 1. The summed E-state index contributed by atoms with van der Waals surface area (Å²) in [6.07, 6.45) is -1.45. The number of hydrogen-bond acceptors (Lipinski definition) is 5. The molecule has 0 saturated carbocycles. The third-order valence-electron chi connectivity index (χ3n) is 5.62. The fraction of sp³-hybridized carbons (Fsp3) is 0.292. The van der Waals surface area contributed by atoms with Gasteiger partial charge in [0, 0.05) is 53.1 Å². The van der Waals surface area contributed by atoms with Crippen LogP contribution in [0, 0.1) is 0 Å². The highest BCUT2D eigenvalue weighted by atomic mass is 35.5. The van der Waals surface area contributed by atoms with Gasteiger partial charge in [0.2, 0.25) is 5.91 Å². The van der Waals surface area contributed by atoms with Gasteiger partial charge in [-0.25, -0.2) is 9.78 Å². The number of likely N-dealkylation sites (N-methyl/N-ethyl adjacent to an activating group) is 1. The van der Waals surface area contributed by atoms with Gasteiger partial charge in [-0.05, 0) is 48.0 Å². The Balaban J connectivity index is 0.000000479. The van der Waals surface area contributed by atoms with Gasteiger partial charge in [0.25, 0.3) is 0 Å². The van der Waals surface area contributed by atoms with Crippen molar-refractivity contribution in [3.05, 3.63) is 81.4 Å². The van der Waals surface area contributed by atoms with Crippen LogP contribution < -0.4 is 11.1 Å². The third-order valence-corrected chi connectivity index (χ3v) is 6.18. The number of amides is 1. The molecule has 198 valence electrons. The van der Waals surface area contributed by atoms with Crippen molar-refractivity contribution in [2.24, 2.45) is 5.73 Å². The SMILES string of the molecule is CN1Cc2c(Cl)cc(Cl)cc2C(c2cccc(NC(=O)[C@@H](N)Cc3cnc[nH]3)c2)C1.O=C(O)C(F)(F)F. The molecule has 0 bridgehead atoms. The first-order valence-electron chi connectivity index (χ1n) is 10.9. The number of carboxylic acids is 1. The van der Waals surface area contributed by atoms with Crippen LogP contribution in [0.15, 0.2) is 48.9 Å². The molecule has 4 rings (SSSR count). The maximum atomic E-state index is 12.6. The van der Waals surface area contributed by atoms with Gasteiger partial charge in [-0.15, -0.1) is 0 Å². The zero-order chi connectivity index (χ0) is 27.3. The summed E-state index contributed by atoms with van der Waals surface area (Å²) in [7, 11) is 2.07. The van der Waals surface area contributed by atoms with Crippen LogP contribution in [0.25, 0.3) is 0 Å². The molecule has 1 aliphatic rings. The van der Waals surface area contributed by atoms with E-state index in [1.807, 2.05) is 24.3 Å². The van der Waals surface area contributed by atoms with E-state index >= 15 is 0 Å². The number of halogens is 5. The second-order valence-corrected chi connectivity index (χ2v) is 9.35. The lowest BCUT2D eigenvalue weighted by atomic mass is 9.84. The fourth-order valence-electron chi connectivity index (χ4n) is 3.92. The van der Waals surface area contributed by atoms with Crippen molar-refractivity contribution in [2.45, 2.75) is 31.1 Å². The van der Waals surface area contributed by atoms with Crippen LogP contribution in [0.2, 0.25) is 10.0 Å². The Bertz CT molecular complexity index is 1250. The summed E-state index contributed by atoms with van der Waals surface area (Å²) >= 11 is 12.8. The van der Waals surface area contributed by atoms with E-state index in [1.165, 1.54) is 0 Å². The average Bonchev–Trinajstić information content (AvgIpc) is 3.32. The summed E-state index contributed by atoms with van der Waals surface area (Å²) in [5.74, 6) is -2.90. The molecule has 1 amide bonds. The molecular formula is C24H24Cl2F3N5O3. The van der Waals surface area contributed by atoms with Crippen LogP contribution >= 0.6 is 23.2 Å². The van der Waals surface area contributed by atoms with E-state index in [4.69, 9.17) is 38.8 Å². The Hall–Kier alpha value is -3.12. The van der Waals surface area contributed by atoms with E-state index in [9.17, 15) is 18.0 Å². The van der Waals surface area contributed by atoms with E-state index in [2.05, 4.69) is 33.3 Å². The number of hydrogen-bond donors (Lipinski definition) is 4. The lowest BCUT2D eigenvalue weighted by Crippen LogP contribution is -2.37. The molecular weight excluding hydrogens is 534 g/mol. The van der Waals surface area contributed by atoms with Gasteiger partial charge >= 0.3 is 12.1 Å². The van der Waals surface area contributed by atoms with Gasteiger partial charge in [0.15, 0.2) is 0 Å². The minimum atomic E-state index is -5.08. The molecule has 3 aromatic rings. The van der Waals surface area contributed by atoms with E-state index in [1.54, 1.807) is 18.6 Å². The largest absolute Gasteiger partial charge is 0.490 e. The number of H-pyrrole nitrogens is 1. The molecule has 1 aromatic heterocycles. The summed E-state index contributed by atoms with van der Waals surface area (Å²) < 4.78 is 31.7. The Morgan fingerprint density at radius 2 is 2.00 bits per heavy atom. The molecule has 5 N–H and O–H groups in total. The highest BCUT2D eigenvalue weighted by molar-refractivity contribution is 6.35. The number of carbonyl (C=O) groups is 2. The standard InChI is InChI=1S/C22H23Cl2N5O.C2HF3O2/c1-29-10-18(17-6-14(23)7-20(24)19(17)11-29)13-3-2-4-15(5-13)28-22(30)21(25)8-16-9-26-12-27-16;3-2(4,5)1(6)7/h2-7,9,12,18,21H,8,10-11,25H2,1H3,(H,26,27)(H,28,30);(H,6,7)/t18?,21-;/m0./s1. The Kier molecular flexibility index (Phi) is 9.19. The summed E-state index contributed by atoms with van der Waals surface area (Å²) in [4.78, 5) is 30.6. The van der Waals surface area contributed by atoms with Gasteiger partial charge in [-0.3, -0.25) is 4.79 Å². The molecule has 0 fully saturated rings. The number of nitrogens with zero attached hydrogens (tertiary/aromatic N) is 2. The molecule has 0 aliphatic carbocycles. The van der Waals surface area contributed by atoms with Crippen molar-refractivity contribution >= 4 is 40.8 Å². The highest BCUT2D eigenvalue weighted by Crippen LogP contribution is 2.38. The molecule has 2 heterocycles. The van der Waals surface area contributed by atoms with Gasteiger partial charge < -0.3 is 26.0 Å². The number of carboxylic acid groups (broad SMARTS) is 1. The van der Waals surface area contributed by atoms with Crippen molar-refractivity contribution in [3.63, 3.8) is 0 Å². The van der Waals surface area contributed by atoms with Crippen molar-refractivity contribution in [1.29, 1.82) is 0 Å². The summed E-state index contributed by atoms with van der Waals surface area (Å²) in [5.41, 5.74) is 10.9. The number of rotatable bonds is 5. The monoisotopic (exact) mass is 557 g/mol. The summed E-state index contributed by atoms with van der Waals surface area (Å²) in [6, 6.07) is 11.0. The zero-order valence-corrected chi connectivity index (χ0v) is 21.0. The highest BCUT2D eigenvalue weighted by Gasteiger charge is 2.38. The van der Waals surface area contributed by atoms with Gasteiger partial charge in [0.05, 0.1) is 12.4 Å². The zero-order valence-electron chi connectivity index (χ0n) is 19.5. The molecule has 2 aromatic carbocycles. The summed E-state index contributed by atoms with van der Waals surface area (Å²) in [6.45, 7) is 1.61. The number of alkyl halides is 3. The Morgan fingerprint density at radius 3 is 2.62 bits per heavy atom. The maximum Gasteiger partial charge on any atom is 0.490 e. The van der Waals surface area contributed by atoms with E-state index in [0.717, 1.165) is 35.5 Å². The third kappa shape index (κ3) is 7.68. The fourth-order valence-corrected chi connectivity index (χ4v) is 4.49. The number of imidazole rings is 1. The minimum Gasteiger partial charge on any atom is -0.475 e. The number of nitrogens with two attached hydrogens (primary N) is 1. The first-order chi connectivity index (χ1) is 17.3. The second-order valence-electron chi connectivity index (χ2n) is 8.51. The van der Waals surface area contributed by atoms with Crippen LogP contribution in [0.4, 0.5) is 18.9 Å². The van der Waals surface area contributed by atoms with Crippen LogP contribution in [0.3, 0.4) is 0 Å². The molecule has 0 saturated heterocycles.